The number of halogens is 1. The Kier molecular flexibility index (Phi) is 7.57. The second kappa shape index (κ2) is 10.0. The lowest BCUT2D eigenvalue weighted by Crippen LogP contribution is -2.49. The zero-order valence-electron chi connectivity index (χ0n) is 18.7. The second-order valence-corrected chi connectivity index (χ2v) is 10.3. The third kappa shape index (κ3) is 5.48. The van der Waals surface area contributed by atoms with E-state index in [9.17, 15) is 17.9 Å². The van der Waals surface area contributed by atoms with Gasteiger partial charge in [0.25, 0.3) is 0 Å². The Hall–Kier alpha value is -2.44. The minimum atomic E-state index is -3.88. The van der Waals surface area contributed by atoms with Gasteiger partial charge in [0.2, 0.25) is 10.0 Å². The van der Waals surface area contributed by atoms with Crippen molar-refractivity contribution in [1.29, 1.82) is 0 Å². The Labute approximate surface area is 189 Å². The molecule has 0 unspecified atom stereocenters. The Bertz CT molecular complexity index is 1110. The summed E-state index contributed by atoms with van der Waals surface area (Å²) in [7, 11) is -0.0111. The number of fused-ring (bicyclic) bond motifs is 1. The molecule has 0 aliphatic carbocycles. The highest BCUT2D eigenvalue weighted by Crippen LogP contribution is 2.34. The van der Waals surface area contributed by atoms with Gasteiger partial charge in [-0.1, -0.05) is 18.8 Å². The fraction of sp³-hybridized carbons (Fsp3) is 0.417. The first-order chi connectivity index (χ1) is 15.1. The van der Waals surface area contributed by atoms with E-state index >= 15 is 0 Å². The summed E-state index contributed by atoms with van der Waals surface area (Å²) in [6.07, 6.45) is -0.257. The Morgan fingerprint density at radius 1 is 1.19 bits per heavy atom. The molecular weight excluding hydrogens is 431 g/mol. The van der Waals surface area contributed by atoms with Gasteiger partial charge in [-0.2, -0.15) is 4.31 Å². The number of nitrogens with zero attached hydrogens (tertiary/aromatic N) is 2. The number of sulfonamides is 1. The number of benzene rings is 2. The van der Waals surface area contributed by atoms with Crippen molar-refractivity contribution in [2.45, 2.75) is 30.9 Å². The molecule has 0 saturated heterocycles. The van der Waals surface area contributed by atoms with Crippen LogP contribution >= 0.6 is 0 Å². The number of ether oxygens (including phenoxy) is 1. The number of aliphatic hydroxyl groups excluding tert-OH is 1. The number of hydrogen-bond donors (Lipinski definition) is 1. The van der Waals surface area contributed by atoms with E-state index in [-0.39, 0.29) is 41.6 Å². The van der Waals surface area contributed by atoms with Crippen LogP contribution < -0.4 is 4.74 Å². The second-order valence-electron chi connectivity index (χ2n) is 8.42. The van der Waals surface area contributed by atoms with Crippen LogP contribution in [0.4, 0.5) is 4.39 Å². The highest BCUT2D eigenvalue weighted by molar-refractivity contribution is 7.89. The quantitative estimate of drug-likeness (QED) is 0.711. The lowest BCUT2D eigenvalue weighted by atomic mass is 10.0. The highest BCUT2D eigenvalue weighted by atomic mass is 32.2. The summed E-state index contributed by atoms with van der Waals surface area (Å²) in [6, 6.07) is 10.0. The van der Waals surface area contributed by atoms with Crippen molar-refractivity contribution in [3.8, 4) is 17.6 Å². The number of likely N-dealkylation sites (N-methyl/N-ethyl adjacent to an activating group) is 1. The molecule has 3 rings (SSSR count). The fourth-order valence-electron chi connectivity index (χ4n) is 3.56. The Balaban J connectivity index is 2.07. The standard InChI is InChI=1S/C24H29FN2O4S/c1-17-14-27(18(2)16-28)32(29,30)24-12-9-20(6-5-19-7-10-21(25)11-8-19)13-22(24)31-23(17)15-26(3)4/h7-13,17-18,23,28H,14-16H2,1-4H3/t17-,18-,23-/m0/s1. The average molecular weight is 461 g/mol. The van der Waals surface area contributed by atoms with Crippen LogP contribution in [0.2, 0.25) is 0 Å². The van der Waals surface area contributed by atoms with Gasteiger partial charge in [-0.3, -0.25) is 0 Å². The van der Waals surface area contributed by atoms with Crippen LogP contribution in [0.3, 0.4) is 0 Å². The van der Waals surface area contributed by atoms with E-state index in [1.54, 1.807) is 31.2 Å². The van der Waals surface area contributed by atoms with Crippen LogP contribution in [0.15, 0.2) is 47.4 Å². The maximum atomic E-state index is 13.4. The smallest absolute Gasteiger partial charge is 0.247 e. The van der Waals surface area contributed by atoms with Crippen molar-refractivity contribution in [3.63, 3.8) is 0 Å². The van der Waals surface area contributed by atoms with Gasteiger partial charge < -0.3 is 14.7 Å². The first-order valence-electron chi connectivity index (χ1n) is 10.5. The van der Waals surface area contributed by atoms with Gasteiger partial charge in [-0.15, -0.1) is 0 Å². The predicted molar refractivity (Wildman–Crippen MR) is 121 cm³/mol. The summed E-state index contributed by atoms with van der Waals surface area (Å²) >= 11 is 0. The monoisotopic (exact) mass is 460 g/mol. The molecule has 0 fully saturated rings. The Morgan fingerprint density at radius 3 is 2.44 bits per heavy atom. The summed E-state index contributed by atoms with van der Waals surface area (Å²) in [4.78, 5) is 2.05. The molecule has 0 aromatic heterocycles. The summed E-state index contributed by atoms with van der Waals surface area (Å²) in [5.41, 5.74) is 1.23. The molecule has 3 atom stereocenters. The van der Waals surface area contributed by atoms with Gasteiger partial charge >= 0.3 is 0 Å². The van der Waals surface area contributed by atoms with Gasteiger partial charge in [0.1, 0.15) is 22.6 Å². The first-order valence-corrected chi connectivity index (χ1v) is 11.9. The fourth-order valence-corrected chi connectivity index (χ4v) is 5.38. The van der Waals surface area contributed by atoms with Crippen LogP contribution in [-0.2, 0) is 10.0 Å². The van der Waals surface area contributed by atoms with Crippen LogP contribution in [0.25, 0.3) is 0 Å². The first kappa shape index (κ1) is 24.2. The van der Waals surface area contributed by atoms with Gasteiger partial charge in [-0.25, -0.2) is 12.8 Å². The molecule has 1 heterocycles. The van der Waals surface area contributed by atoms with E-state index in [2.05, 4.69) is 11.8 Å². The van der Waals surface area contributed by atoms with Gasteiger partial charge in [0.15, 0.2) is 0 Å². The largest absolute Gasteiger partial charge is 0.487 e. The Morgan fingerprint density at radius 2 is 1.81 bits per heavy atom. The summed E-state index contributed by atoms with van der Waals surface area (Å²) in [5, 5.41) is 9.68. The van der Waals surface area contributed by atoms with Crippen LogP contribution in [-0.4, -0.2) is 68.7 Å². The molecule has 1 aliphatic heterocycles. The minimum absolute atomic E-state index is 0.0563. The van der Waals surface area contributed by atoms with Crippen molar-refractivity contribution in [3.05, 3.63) is 59.4 Å². The van der Waals surface area contributed by atoms with Gasteiger partial charge in [-0.05, 0) is 63.5 Å². The maximum absolute atomic E-state index is 13.4. The molecule has 0 bridgehead atoms. The van der Waals surface area contributed by atoms with Crippen molar-refractivity contribution in [1.82, 2.24) is 9.21 Å². The molecule has 172 valence electrons. The van der Waals surface area contributed by atoms with E-state index in [1.165, 1.54) is 22.5 Å². The van der Waals surface area contributed by atoms with Crippen molar-refractivity contribution >= 4 is 10.0 Å². The summed E-state index contributed by atoms with van der Waals surface area (Å²) in [6.45, 7) is 4.21. The average Bonchev–Trinajstić information content (AvgIpc) is 2.75. The molecular formula is C24H29FN2O4S. The van der Waals surface area contributed by atoms with Gasteiger partial charge in [0.05, 0.1) is 6.61 Å². The van der Waals surface area contributed by atoms with E-state index < -0.39 is 16.1 Å². The normalized spacial score (nSPS) is 21.5. The van der Waals surface area contributed by atoms with E-state index in [4.69, 9.17) is 4.74 Å². The summed E-state index contributed by atoms with van der Waals surface area (Å²) < 4.78 is 47.6. The van der Waals surface area contributed by atoms with E-state index in [0.717, 1.165) is 0 Å². The number of rotatable bonds is 4. The molecule has 1 N–H and O–H groups in total. The third-order valence-electron chi connectivity index (χ3n) is 5.41. The lowest BCUT2D eigenvalue weighted by molar-refractivity contribution is 0.0812. The van der Waals surface area contributed by atoms with Crippen molar-refractivity contribution < 1.29 is 22.7 Å². The molecule has 0 amide bonds. The van der Waals surface area contributed by atoms with Crippen LogP contribution in [0.5, 0.6) is 5.75 Å². The molecule has 2 aromatic rings. The molecule has 0 saturated carbocycles. The molecule has 6 nitrogen and oxygen atoms in total. The zero-order valence-corrected chi connectivity index (χ0v) is 19.6. The van der Waals surface area contributed by atoms with Crippen molar-refractivity contribution in [2.24, 2.45) is 5.92 Å². The molecule has 0 spiro atoms. The molecule has 2 aromatic carbocycles. The predicted octanol–water partition coefficient (Wildman–Crippen LogP) is 2.56. The molecule has 0 radical (unpaired) electrons. The van der Waals surface area contributed by atoms with Crippen molar-refractivity contribution in [2.75, 3.05) is 33.8 Å². The SMILES string of the molecule is C[C@H]1CN([C@@H](C)CO)S(=O)(=O)c2ccc(C#Cc3ccc(F)cc3)cc2O[C@H]1CN(C)C. The number of hydrogen-bond acceptors (Lipinski definition) is 5. The van der Waals surface area contributed by atoms with Crippen LogP contribution in [0.1, 0.15) is 25.0 Å². The van der Waals surface area contributed by atoms with E-state index in [0.29, 0.717) is 17.7 Å². The topological polar surface area (TPSA) is 70.1 Å². The van der Waals surface area contributed by atoms with E-state index in [1.807, 2.05) is 25.9 Å². The van der Waals surface area contributed by atoms with Crippen LogP contribution in [0, 0.1) is 23.6 Å². The third-order valence-corrected chi connectivity index (χ3v) is 7.43. The lowest BCUT2D eigenvalue weighted by Gasteiger charge is -2.37. The summed E-state index contributed by atoms with van der Waals surface area (Å²) in [5.74, 6) is 5.75. The molecule has 8 heteroatoms. The number of aliphatic hydroxyl groups is 1. The minimum Gasteiger partial charge on any atom is -0.487 e. The zero-order chi connectivity index (χ0) is 23.5. The highest BCUT2D eigenvalue weighted by Gasteiger charge is 2.37. The molecule has 1 aliphatic rings. The van der Waals surface area contributed by atoms with Gasteiger partial charge in [0, 0.05) is 36.2 Å². The maximum Gasteiger partial charge on any atom is 0.247 e. The molecule has 32 heavy (non-hydrogen) atoms.